The van der Waals surface area contributed by atoms with Gasteiger partial charge < -0.3 is 20.1 Å². The molecular weight excluding hydrogens is 356 g/mol. The lowest BCUT2D eigenvalue weighted by Crippen LogP contribution is -2.39. The Kier molecular flexibility index (Phi) is 4.57. The van der Waals surface area contributed by atoms with Gasteiger partial charge in [-0.15, -0.1) is 8.78 Å². The normalized spacial score (nSPS) is 20.4. The zero-order chi connectivity index (χ0) is 18.9. The largest absolute Gasteiger partial charge is 0.586 e. The summed E-state index contributed by atoms with van der Waals surface area (Å²) in [7, 11) is 0. The molecule has 2 aromatic rings. The van der Waals surface area contributed by atoms with E-state index < -0.39 is 6.29 Å². The molecule has 0 spiro atoms. The van der Waals surface area contributed by atoms with Crippen molar-refractivity contribution in [2.75, 3.05) is 18.4 Å². The molecule has 27 heavy (non-hydrogen) atoms. The van der Waals surface area contributed by atoms with Crippen LogP contribution in [-0.4, -0.2) is 36.4 Å². The number of rotatable bonds is 4. The van der Waals surface area contributed by atoms with Gasteiger partial charge in [-0.3, -0.25) is 4.90 Å². The number of carbonyl (C=O) groups excluding carboxylic acids is 1. The minimum absolute atomic E-state index is 0.0343. The van der Waals surface area contributed by atoms with Crippen LogP contribution >= 0.6 is 0 Å². The second-order valence-corrected chi connectivity index (χ2v) is 6.63. The first-order valence-corrected chi connectivity index (χ1v) is 8.70. The third kappa shape index (κ3) is 4.28. The summed E-state index contributed by atoms with van der Waals surface area (Å²) < 4.78 is 34.8. The predicted octanol–water partition coefficient (Wildman–Crippen LogP) is 3.40. The van der Waals surface area contributed by atoms with Crippen molar-refractivity contribution in [3.63, 3.8) is 0 Å². The first-order chi connectivity index (χ1) is 13.0. The minimum Gasteiger partial charge on any atom is -0.395 e. The maximum absolute atomic E-state index is 13.0. The molecule has 6 nitrogen and oxygen atoms in total. The van der Waals surface area contributed by atoms with E-state index in [2.05, 4.69) is 37.1 Å². The molecule has 1 atom stereocenters. The van der Waals surface area contributed by atoms with Gasteiger partial charge in [0.1, 0.15) is 0 Å². The summed E-state index contributed by atoms with van der Waals surface area (Å²) in [6.07, 6.45) is -2.82. The molecule has 2 aliphatic rings. The quantitative estimate of drug-likeness (QED) is 0.860. The van der Waals surface area contributed by atoms with Crippen LogP contribution in [0.15, 0.2) is 48.5 Å². The van der Waals surface area contributed by atoms with Gasteiger partial charge in [0.15, 0.2) is 11.5 Å². The van der Waals surface area contributed by atoms with E-state index in [1.165, 1.54) is 23.8 Å². The summed E-state index contributed by atoms with van der Waals surface area (Å²) >= 11 is 0. The van der Waals surface area contributed by atoms with Crippen LogP contribution in [0.1, 0.15) is 12.0 Å². The van der Waals surface area contributed by atoms with Gasteiger partial charge in [-0.2, -0.15) is 0 Å². The maximum atomic E-state index is 13.0. The summed E-state index contributed by atoms with van der Waals surface area (Å²) in [5, 5.41) is 5.56. The summed E-state index contributed by atoms with van der Waals surface area (Å²) in [5.74, 6) is -0.161. The lowest BCUT2D eigenvalue weighted by Gasteiger charge is -2.17. The van der Waals surface area contributed by atoms with E-state index in [-0.39, 0.29) is 23.6 Å². The van der Waals surface area contributed by atoms with Crippen LogP contribution in [0.5, 0.6) is 11.5 Å². The molecule has 142 valence electrons. The Morgan fingerprint density at radius 2 is 1.93 bits per heavy atom. The molecule has 2 heterocycles. The van der Waals surface area contributed by atoms with Crippen LogP contribution in [0.25, 0.3) is 0 Å². The Morgan fingerprint density at radius 1 is 1.15 bits per heavy atom. The molecule has 0 bridgehead atoms. The highest BCUT2D eigenvalue weighted by atomic mass is 19.3. The lowest BCUT2D eigenvalue weighted by molar-refractivity contribution is -0.286. The molecule has 2 aliphatic heterocycles. The zero-order valence-electron chi connectivity index (χ0n) is 14.5. The second-order valence-electron chi connectivity index (χ2n) is 6.63. The maximum Gasteiger partial charge on any atom is 0.586 e. The zero-order valence-corrected chi connectivity index (χ0v) is 14.5. The van der Waals surface area contributed by atoms with E-state index in [1.54, 1.807) is 0 Å². The fraction of sp³-hybridized carbons (Fsp3) is 0.316. The number of urea groups is 1. The van der Waals surface area contributed by atoms with Gasteiger partial charge in [0.2, 0.25) is 0 Å². The minimum atomic E-state index is -3.67. The van der Waals surface area contributed by atoms with E-state index in [0.717, 1.165) is 26.1 Å². The van der Waals surface area contributed by atoms with Gasteiger partial charge in [-0.05, 0) is 24.1 Å². The Balaban J connectivity index is 1.28. The summed E-state index contributed by atoms with van der Waals surface area (Å²) in [6, 6.07) is 14.0. The van der Waals surface area contributed by atoms with Crippen LogP contribution in [0, 0.1) is 0 Å². The molecule has 1 fully saturated rings. The number of halogens is 2. The van der Waals surface area contributed by atoms with Gasteiger partial charge in [0.05, 0.1) is 0 Å². The molecular formula is C19H19F2N3O3. The number of nitrogens with zero attached hydrogens (tertiary/aromatic N) is 1. The third-order valence-corrected chi connectivity index (χ3v) is 4.52. The van der Waals surface area contributed by atoms with Crippen molar-refractivity contribution in [3.8, 4) is 11.5 Å². The van der Waals surface area contributed by atoms with Crippen molar-refractivity contribution in [3.05, 3.63) is 54.1 Å². The number of likely N-dealkylation sites (tertiary alicyclic amines) is 1. The number of alkyl halides is 2. The summed E-state index contributed by atoms with van der Waals surface area (Å²) in [5.41, 5.74) is 1.59. The summed E-state index contributed by atoms with van der Waals surface area (Å²) in [6.45, 7) is 2.51. The van der Waals surface area contributed by atoms with E-state index in [0.29, 0.717) is 5.69 Å². The number of carbonyl (C=O) groups is 1. The smallest absolute Gasteiger partial charge is 0.395 e. The summed E-state index contributed by atoms with van der Waals surface area (Å²) in [4.78, 5) is 14.5. The monoisotopic (exact) mass is 375 g/mol. The molecule has 8 heteroatoms. The number of ether oxygens (including phenoxy) is 2. The predicted molar refractivity (Wildman–Crippen MR) is 94.9 cm³/mol. The van der Waals surface area contributed by atoms with Gasteiger partial charge in [0, 0.05) is 37.4 Å². The van der Waals surface area contributed by atoms with E-state index in [9.17, 15) is 13.6 Å². The molecule has 1 saturated heterocycles. The molecule has 0 aromatic heterocycles. The highest BCUT2D eigenvalue weighted by Crippen LogP contribution is 2.42. The van der Waals surface area contributed by atoms with Gasteiger partial charge in [-0.25, -0.2) is 4.79 Å². The van der Waals surface area contributed by atoms with Crippen LogP contribution in [0.2, 0.25) is 0 Å². The highest BCUT2D eigenvalue weighted by Gasteiger charge is 2.43. The molecule has 0 saturated carbocycles. The van der Waals surface area contributed by atoms with Gasteiger partial charge in [-0.1, -0.05) is 30.3 Å². The fourth-order valence-corrected chi connectivity index (χ4v) is 3.32. The van der Waals surface area contributed by atoms with E-state index in [4.69, 9.17) is 0 Å². The molecule has 2 N–H and O–H groups in total. The van der Waals surface area contributed by atoms with Crippen molar-refractivity contribution in [2.45, 2.75) is 25.3 Å². The van der Waals surface area contributed by atoms with Crippen LogP contribution < -0.4 is 20.1 Å². The Morgan fingerprint density at radius 3 is 2.74 bits per heavy atom. The fourth-order valence-electron chi connectivity index (χ4n) is 3.32. The highest BCUT2D eigenvalue weighted by molar-refractivity contribution is 5.89. The van der Waals surface area contributed by atoms with Crippen molar-refractivity contribution in [2.24, 2.45) is 0 Å². The Hall–Kier alpha value is -2.87. The molecule has 0 radical (unpaired) electrons. The number of fused-ring (bicyclic) bond motifs is 1. The topological polar surface area (TPSA) is 62.8 Å². The van der Waals surface area contributed by atoms with Crippen molar-refractivity contribution < 1.29 is 23.0 Å². The molecule has 2 amide bonds. The number of hydrogen-bond donors (Lipinski definition) is 2. The SMILES string of the molecule is O=C(Nc1ccc2c(c1)OC(F)(F)O2)N[C@H]1CCN(Cc2ccccc2)C1. The number of hydrogen-bond acceptors (Lipinski definition) is 4. The van der Waals surface area contributed by atoms with Crippen LogP contribution in [0.3, 0.4) is 0 Å². The van der Waals surface area contributed by atoms with Crippen molar-refractivity contribution in [1.29, 1.82) is 0 Å². The molecule has 0 unspecified atom stereocenters. The van der Waals surface area contributed by atoms with E-state index in [1.807, 2.05) is 18.2 Å². The average Bonchev–Trinajstić information content (AvgIpc) is 3.17. The van der Waals surface area contributed by atoms with Crippen LogP contribution in [-0.2, 0) is 6.54 Å². The first-order valence-electron chi connectivity index (χ1n) is 8.70. The standard InChI is InChI=1S/C19H19F2N3O3/c20-19(21)26-16-7-6-14(10-17(16)27-19)22-18(25)23-15-8-9-24(12-15)11-13-4-2-1-3-5-13/h1-7,10,15H,8-9,11-12H2,(H2,22,23,25)/t15-/m0/s1. The van der Waals surface area contributed by atoms with Gasteiger partial charge >= 0.3 is 12.3 Å². The molecule has 4 rings (SSSR count). The first kappa shape index (κ1) is 17.5. The average molecular weight is 375 g/mol. The van der Waals surface area contributed by atoms with Crippen LogP contribution in [0.4, 0.5) is 19.3 Å². The van der Waals surface area contributed by atoms with Crippen molar-refractivity contribution >= 4 is 11.7 Å². The number of anilines is 1. The number of benzene rings is 2. The number of nitrogens with one attached hydrogen (secondary N) is 2. The second kappa shape index (κ2) is 7.03. The third-order valence-electron chi connectivity index (χ3n) is 4.52. The Labute approximate surface area is 155 Å². The molecule has 2 aromatic carbocycles. The van der Waals surface area contributed by atoms with Crippen molar-refractivity contribution in [1.82, 2.24) is 10.2 Å². The molecule has 0 aliphatic carbocycles. The lowest BCUT2D eigenvalue weighted by atomic mass is 10.2. The van der Waals surface area contributed by atoms with E-state index >= 15 is 0 Å². The Bertz CT molecular complexity index is 832. The van der Waals surface area contributed by atoms with Gasteiger partial charge in [0.25, 0.3) is 0 Å². The number of amides is 2.